The Labute approximate surface area is 142 Å². The molecule has 130 valence electrons. The van der Waals surface area contributed by atoms with Crippen molar-refractivity contribution in [1.82, 2.24) is 19.8 Å². The number of carbonyl (C=O) groups excluding carboxylic acids is 1. The highest BCUT2D eigenvalue weighted by Crippen LogP contribution is 2.17. The molecule has 6 heteroatoms. The molecule has 0 aliphatic carbocycles. The smallest absolute Gasteiger partial charge is 0.287 e. The standard InChI is InChI=1S/C18H26N4O2/c1-14-6-12-24-17(14)18(23)20-13-15-3-8-22(9-4-15)10-5-16-19-7-11-21(16)2/h6-7,11-12,15H,3-5,8-10,13H2,1-2H3,(H,20,23). The third-order valence-electron chi connectivity index (χ3n) is 4.90. The van der Waals surface area contributed by atoms with E-state index in [0.717, 1.165) is 56.8 Å². The third kappa shape index (κ3) is 4.06. The van der Waals surface area contributed by atoms with Crippen LogP contribution in [0.25, 0.3) is 0 Å². The van der Waals surface area contributed by atoms with Gasteiger partial charge < -0.3 is 19.2 Å². The molecule has 0 bridgehead atoms. The monoisotopic (exact) mass is 330 g/mol. The zero-order valence-electron chi connectivity index (χ0n) is 14.5. The van der Waals surface area contributed by atoms with Crippen molar-refractivity contribution in [3.8, 4) is 0 Å². The van der Waals surface area contributed by atoms with E-state index in [4.69, 9.17) is 4.42 Å². The number of aromatic nitrogens is 2. The number of nitrogens with one attached hydrogen (secondary N) is 1. The fourth-order valence-electron chi connectivity index (χ4n) is 3.23. The molecule has 1 N–H and O–H groups in total. The Morgan fingerprint density at radius 1 is 1.42 bits per heavy atom. The Bertz CT molecular complexity index is 668. The van der Waals surface area contributed by atoms with Gasteiger partial charge in [-0.3, -0.25) is 4.79 Å². The quantitative estimate of drug-likeness (QED) is 0.880. The largest absolute Gasteiger partial charge is 0.459 e. The number of hydrogen-bond donors (Lipinski definition) is 1. The van der Waals surface area contributed by atoms with E-state index in [9.17, 15) is 4.79 Å². The molecule has 6 nitrogen and oxygen atoms in total. The number of likely N-dealkylation sites (tertiary alicyclic amines) is 1. The van der Waals surface area contributed by atoms with Crippen molar-refractivity contribution in [2.45, 2.75) is 26.2 Å². The molecule has 1 aliphatic rings. The lowest BCUT2D eigenvalue weighted by atomic mass is 9.96. The number of hydrogen-bond acceptors (Lipinski definition) is 4. The average Bonchev–Trinajstić information content (AvgIpc) is 3.20. The van der Waals surface area contributed by atoms with Crippen LogP contribution in [0.15, 0.2) is 29.1 Å². The molecular formula is C18H26N4O2. The molecule has 3 heterocycles. The first-order chi connectivity index (χ1) is 11.6. The second-order valence-corrected chi connectivity index (χ2v) is 6.63. The van der Waals surface area contributed by atoms with E-state index in [1.807, 2.05) is 32.4 Å². The van der Waals surface area contributed by atoms with E-state index in [1.54, 1.807) is 6.26 Å². The number of piperidine rings is 1. The maximum absolute atomic E-state index is 12.1. The Morgan fingerprint density at radius 2 is 2.21 bits per heavy atom. The summed E-state index contributed by atoms with van der Waals surface area (Å²) in [7, 11) is 2.04. The summed E-state index contributed by atoms with van der Waals surface area (Å²) in [4.78, 5) is 18.9. The Morgan fingerprint density at radius 3 is 2.83 bits per heavy atom. The van der Waals surface area contributed by atoms with Crippen LogP contribution in [0, 0.1) is 12.8 Å². The summed E-state index contributed by atoms with van der Waals surface area (Å²) in [5.74, 6) is 2.02. The van der Waals surface area contributed by atoms with Crippen molar-refractivity contribution >= 4 is 5.91 Å². The molecule has 1 aliphatic heterocycles. The van der Waals surface area contributed by atoms with Crippen molar-refractivity contribution in [1.29, 1.82) is 0 Å². The molecule has 0 aromatic carbocycles. The minimum atomic E-state index is -0.102. The first-order valence-electron chi connectivity index (χ1n) is 8.64. The van der Waals surface area contributed by atoms with Crippen molar-refractivity contribution in [3.05, 3.63) is 41.9 Å². The van der Waals surface area contributed by atoms with Crippen LogP contribution in [-0.2, 0) is 13.5 Å². The van der Waals surface area contributed by atoms with Crippen molar-refractivity contribution < 1.29 is 9.21 Å². The van der Waals surface area contributed by atoms with Crippen molar-refractivity contribution in [2.75, 3.05) is 26.2 Å². The molecule has 1 amide bonds. The average molecular weight is 330 g/mol. The number of furan rings is 1. The normalized spacial score (nSPS) is 16.4. The maximum atomic E-state index is 12.1. The van der Waals surface area contributed by atoms with E-state index in [1.165, 1.54) is 0 Å². The Hall–Kier alpha value is -2.08. The van der Waals surface area contributed by atoms with Crippen LogP contribution < -0.4 is 5.32 Å². The van der Waals surface area contributed by atoms with Gasteiger partial charge in [-0.05, 0) is 44.8 Å². The van der Waals surface area contributed by atoms with E-state index in [-0.39, 0.29) is 5.91 Å². The van der Waals surface area contributed by atoms with Gasteiger partial charge in [0.2, 0.25) is 0 Å². The highest BCUT2D eigenvalue weighted by atomic mass is 16.3. The fraction of sp³-hybridized carbons (Fsp3) is 0.556. The predicted molar refractivity (Wildman–Crippen MR) is 91.9 cm³/mol. The van der Waals surface area contributed by atoms with E-state index >= 15 is 0 Å². The van der Waals surface area contributed by atoms with Crippen LogP contribution in [-0.4, -0.2) is 46.5 Å². The summed E-state index contributed by atoms with van der Waals surface area (Å²) in [5, 5.41) is 3.01. The maximum Gasteiger partial charge on any atom is 0.287 e. The summed E-state index contributed by atoms with van der Waals surface area (Å²) in [6.07, 6.45) is 8.64. The number of carbonyl (C=O) groups is 1. The van der Waals surface area contributed by atoms with Crippen LogP contribution in [0.3, 0.4) is 0 Å². The van der Waals surface area contributed by atoms with Crippen molar-refractivity contribution in [3.63, 3.8) is 0 Å². The van der Waals surface area contributed by atoms with Crippen LogP contribution in [0.1, 0.15) is 34.8 Å². The Balaban J connectivity index is 1.37. The highest BCUT2D eigenvalue weighted by Gasteiger charge is 2.21. The van der Waals surface area contributed by atoms with Crippen molar-refractivity contribution in [2.24, 2.45) is 13.0 Å². The van der Waals surface area contributed by atoms with Gasteiger partial charge in [0.1, 0.15) is 5.82 Å². The van der Waals surface area contributed by atoms with Crippen LogP contribution >= 0.6 is 0 Å². The van der Waals surface area contributed by atoms with Crippen LogP contribution in [0.4, 0.5) is 0 Å². The number of amides is 1. The van der Waals surface area contributed by atoms with Gasteiger partial charge in [-0.15, -0.1) is 0 Å². The van der Waals surface area contributed by atoms with Gasteiger partial charge in [-0.1, -0.05) is 0 Å². The minimum absolute atomic E-state index is 0.102. The molecular weight excluding hydrogens is 304 g/mol. The molecule has 1 saturated heterocycles. The van der Waals surface area contributed by atoms with E-state index in [0.29, 0.717) is 11.7 Å². The molecule has 24 heavy (non-hydrogen) atoms. The Kier molecular flexibility index (Phi) is 5.35. The van der Waals surface area contributed by atoms with Gasteiger partial charge in [0.15, 0.2) is 5.76 Å². The van der Waals surface area contributed by atoms with E-state index < -0.39 is 0 Å². The van der Waals surface area contributed by atoms with Crippen LogP contribution in [0.5, 0.6) is 0 Å². The molecule has 2 aromatic rings. The number of nitrogens with zero attached hydrogens (tertiary/aromatic N) is 3. The van der Waals surface area contributed by atoms with Gasteiger partial charge in [0.25, 0.3) is 5.91 Å². The molecule has 0 saturated carbocycles. The first kappa shape index (κ1) is 16.8. The number of aryl methyl sites for hydroxylation is 2. The van der Waals surface area contributed by atoms with Crippen LogP contribution in [0.2, 0.25) is 0 Å². The second-order valence-electron chi connectivity index (χ2n) is 6.63. The summed E-state index contributed by atoms with van der Waals surface area (Å²) in [6.45, 7) is 5.84. The molecule has 0 spiro atoms. The van der Waals surface area contributed by atoms with Gasteiger partial charge in [0.05, 0.1) is 6.26 Å². The van der Waals surface area contributed by atoms with Gasteiger partial charge in [0, 0.05) is 44.5 Å². The zero-order valence-corrected chi connectivity index (χ0v) is 14.5. The summed E-state index contributed by atoms with van der Waals surface area (Å²) < 4.78 is 7.31. The summed E-state index contributed by atoms with van der Waals surface area (Å²) >= 11 is 0. The third-order valence-corrected chi connectivity index (χ3v) is 4.90. The highest BCUT2D eigenvalue weighted by molar-refractivity contribution is 5.92. The molecule has 3 rings (SSSR count). The predicted octanol–water partition coefficient (Wildman–Crippen LogP) is 2.01. The zero-order chi connectivity index (χ0) is 16.9. The first-order valence-corrected chi connectivity index (χ1v) is 8.64. The molecule has 0 radical (unpaired) electrons. The topological polar surface area (TPSA) is 63.3 Å². The SMILES string of the molecule is Cc1ccoc1C(=O)NCC1CCN(CCc2nccn2C)CC1. The minimum Gasteiger partial charge on any atom is -0.459 e. The lowest BCUT2D eigenvalue weighted by molar-refractivity contribution is 0.0907. The molecule has 0 atom stereocenters. The number of rotatable bonds is 6. The van der Waals surface area contributed by atoms with Gasteiger partial charge in [-0.2, -0.15) is 0 Å². The summed E-state index contributed by atoms with van der Waals surface area (Å²) in [6, 6.07) is 1.81. The second kappa shape index (κ2) is 7.66. The lowest BCUT2D eigenvalue weighted by Gasteiger charge is -2.31. The fourth-order valence-corrected chi connectivity index (χ4v) is 3.23. The van der Waals surface area contributed by atoms with Gasteiger partial charge in [-0.25, -0.2) is 4.98 Å². The molecule has 0 unspecified atom stereocenters. The summed E-state index contributed by atoms with van der Waals surface area (Å²) in [5.41, 5.74) is 0.886. The van der Waals surface area contributed by atoms with E-state index in [2.05, 4.69) is 19.8 Å². The number of imidazole rings is 1. The molecule has 1 fully saturated rings. The molecule has 2 aromatic heterocycles. The lowest BCUT2D eigenvalue weighted by Crippen LogP contribution is -2.39. The van der Waals surface area contributed by atoms with Gasteiger partial charge >= 0.3 is 0 Å².